The van der Waals surface area contributed by atoms with E-state index in [4.69, 9.17) is 0 Å². The minimum atomic E-state index is -0.228. The van der Waals surface area contributed by atoms with Crippen molar-refractivity contribution < 1.29 is 42.1 Å². The molecule has 6 heteroatoms. The van der Waals surface area contributed by atoms with E-state index in [2.05, 4.69) is 26.3 Å². The van der Waals surface area contributed by atoms with Gasteiger partial charge in [0.15, 0.2) is 5.82 Å². The van der Waals surface area contributed by atoms with Gasteiger partial charge in [-0.1, -0.05) is 31.5 Å². The molecule has 1 radical (unpaired) electrons. The Kier molecular flexibility index (Phi) is 5.82. The van der Waals surface area contributed by atoms with Crippen molar-refractivity contribution in [2.45, 2.75) is 27.2 Å². The molecule has 1 N–H and O–H groups in total. The van der Waals surface area contributed by atoms with Crippen LogP contribution in [0.25, 0.3) is 0 Å². The maximum atomic E-state index is 12.1. The molecule has 0 saturated carbocycles. The van der Waals surface area contributed by atoms with Crippen LogP contribution < -0.4 is 5.32 Å². The van der Waals surface area contributed by atoms with Crippen molar-refractivity contribution in [3.8, 4) is 0 Å². The van der Waals surface area contributed by atoms with Crippen molar-refractivity contribution in [1.82, 2.24) is 10.3 Å². The molecule has 5 nitrogen and oxygen atoms in total. The van der Waals surface area contributed by atoms with Crippen molar-refractivity contribution in [3.05, 3.63) is 40.6 Å². The van der Waals surface area contributed by atoms with E-state index >= 15 is 0 Å². The Morgan fingerprint density at radius 2 is 2.11 bits per heavy atom. The second-order valence-corrected chi connectivity index (χ2v) is 4.05. The molecule has 97 valence electrons. The van der Waals surface area contributed by atoms with E-state index in [1.165, 1.54) is 0 Å². The molecule has 0 aliphatic carbocycles. The second-order valence-electron chi connectivity index (χ2n) is 4.05. The third kappa shape index (κ3) is 3.70. The summed E-state index contributed by atoms with van der Waals surface area (Å²) in [6.07, 6.45) is 0.651. The Labute approximate surface area is 137 Å². The first-order valence-corrected chi connectivity index (χ1v) is 5.74. The summed E-state index contributed by atoms with van der Waals surface area (Å²) in [5.41, 5.74) is 3.02. The van der Waals surface area contributed by atoms with Crippen molar-refractivity contribution >= 4 is 11.7 Å². The molecule has 2 rings (SSSR count). The maximum Gasteiger partial charge on any atom is 0.201 e. The summed E-state index contributed by atoms with van der Waals surface area (Å²) >= 11 is 0. The molecule has 1 heterocycles. The van der Waals surface area contributed by atoms with E-state index < -0.39 is 0 Å². The second kappa shape index (κ2) is 6.92. The summed E-state index contributed by atoms with van der Waals surface area (Å²) in [6.45, 7) is 5.70. The number of nitrogens with one attached hydrogen (secondary N) is 1. The molecule has 0 atom stereocenters. The molecular weight excluding hydrogens is 319 g/mol. The molecule has 1 aromatic heterocycles. The monoisotopic (exact) mass is 333 g/mol. The summed E-state index contributed by atoms with van der Waals surface area (Å²) in [4.78, 5) is 12.1. The van der Waals surface area contributed by atoms with Gasteiger partial charge in [-0.15, -0.1) is 0 Å². The molecule has 0 aliphatic rings. The molecule has 0 spiro atoms. The summed E-state index contributed by atoms with van der Waals surface area (Å²) in [5.74, 6) is 0.150. The molecule has 1 aromatic carbocycles. The SMILES string of the molecule is CCc1nonc1NC(=O)c1ccc(C)[c-]c1C.[Y]. The third-order valence-corrected chi connectivity index (χ3v) is 2.66. The van der Waals surface area contributed by atoms with Crippen LogP contribution in [-0.4, -0.2) is 16.2 Å². The number of benzene rings is 1. The van der Waals surface area contributed by atoms with Crippen LogP contribution in [0.1, 0.15) is 34.1 Å². The van der Waals surface area contributed by atoms with E-state index in [0.29, 0.717) is 23.5 Å². The maximum absolute atomic E-state index is 12.1. The van der Waals surface area contributed by atoms with E-state index in [0.717, 1.165) is 11.1 Å². The van der Waals surface area contributed by atoms with Crippen LogP contribution in [0.5, 0.6) is 0 Å². The zero-order valence-electron chi connectivity index (χ0n) is 11.2. The number of aryl methyl sites for hydroxylation is 3. The first kappa shape index (κ1) is 16.0. The first-order chi connectivity index (χ1) is 8.61. The van der Waals surface area contributed by atoms with Crippen LogP contribution in [0.15, 0.2) is 16.8 Å². The Morgan fingerprint density at radius 1 is 1.37 bits per heavy atom. The fourth-order valence-electron chi connectivity index (χ4n) is 1.69. The summed E-state index contributed by atoms with van der Waals surface area (Å²) < 4.78 is 4.60. The van der Waals surface area contributed by atoms with E-state index in [1.807, 2.05) is 26.8 Å². The molecular formula is C13H14N3O2Y-. The summed E-state index contributed by atoms with van der Waals surface area (Å²) in [6, 6.07) is 6.73. The predicted molar refractivity (Wildman–Crippen MR) is 66.4 cm³/mol. The number of hydrogen-bond donors (Lipinski definition) is 1. The quantitative estimate of drug-likeness (QED) is 0.875. The van der Waals surface area contributed by atoms with Crippen LogP contribution in [0.2, 0.25) is 0 Å². The molecule has 19 heavy (non-hydrogen) atoms. The molecule has 0 unspecified atom stereocenters. The van der Waals surface area contributed by atoms with Gasteiger partial charge in [0.25, 0.3) is 0 Å². The van der Waals surface area contributed by atoms with Crippen LogP contribution >= 0.6 is 0 Å². The normalized spacial score (nSPS) is 9.84. The number of anilines is 1. The van der Waals surface area contributed by atoms with Gasteiger partial charge in [-0.2, -0.15) is 29.3 Å². The van der Waals surface area contributed by atoms with Crippen LogP contribution in [0.3, 0.4) is 0 Å². The molecule has 0 saturated heterocycles. The largest absolute Gasteiger partial charge is 0.313 e. The fraction of sp³-hybridized carbons (Fsp3) is 0.308. The third-order valence-electron chi connectivity index (χ3n) is 2.66. The van der Waals surface area contributed by atoms with Crippen molar-refractivity contribution in [1.29, 1.82) is 0 Å². The summed E-state index contributed by atoms with van der Waals surface area (Å²) in [5, 5.41) is 10.1. The topological polar surface area (TPSA) is 68.0 Å². The fourth-order valence-corrected chi connectivity index (χ4v) is 1.69. The Hall–Kier alpha value is -1.07. The first-order valence-electron chi connectivity index (χ1n) is 5.74. The summed E-state index contributed by atoms with van der Waals surface area (Å²) in [7, 11) is 0. The molecule has 0 bridgehead atoms. The molecule has 2 aromatic rings. The Balaban J connectivity index is 0.00000180. The van der Waals surface area contributed by atoms with Crippen molar-refractivity contribution in [3.63, 3.8) is 0 Å². The zero-order valence-corrected chi connectivity index (χ0v) is 14.0. The van der Waals surface area contributed by atoms with Crippen molar-refractivity contribution in [2.24, 2.45) is 0 Å². The van der Waals surface area contributed by atoms with E-state index in [9.17, 15) is 4.79 Å². The average Bonchev–Trinajstić information content (AvgIpc) is 2.76. The zero-order chi connectivity index (χ0) is 13.1. The standard InChI is InChI=1S/C13H14N3O2.Y/c1-4-11-12(16-18-15-11)14-13(17)10-6-5-8(2)7-9(10)3;/h5-6H,4H2,1-3H3,(H,14,16,17);/q-1;. The molecule has 0 fully saturated rings. The number of carbonyl (C=O) groups is 1. The average molecular weight is 333 g/mol. The smallest absolute Gasteiger partial charge is 0.201 e. The Bertz CT molecular complexity index is 581. The number of aromatic nitrogens is 2. The predicted octanol–water partition coefficient (Wildman–Crippen LogP) is 2.30. The Morgan fingerprint density at radius 3 is 2.74 bits per heavy atom. The van der Waals surface area contributed by atoms with Gasteiger partial charge in [-0.25, -0.2) is 4.63 Å². The van der Waals surface area contributed by atoms with E-state index in [1.54, 1.807) is 6.07 Å². The van der Waals surface area contributed by atoms with Crippen molar-refractivity contribution in [2.75, 3.05) is 5.32 Å². The van der Waals surface area contributed by atoms with Gasteiger partial charge in [-0.3, -0.25) is 4.79 Å². The van der Waals surface area contributed by atoms with Gasteiger partial charge < -0.3 is 5.32 Å². The van der Waals surface area contributed by atoms with E-state index in [-0.39, 0.29) is 38.6 Å². The number of amides is 1. The van der Waals surface area contributed by atoms with Gasteiger partial charge in [0.05, 0.1) is 0 Å². The van der Waals surface area contributed by atoms with Gasteiger partial charge in [0, 0.05) is 32.7 Å². The van der Waals surface area contributed by atoms with Gasteiger partial charge in [0.2, 0.25) is 5.91 Å². The van der Waals surface area contributed by atoms with Gasteiger partial charge in [-0.05, 0) is 11.6 Å². The minimum Gasteiger partial charge on any atom is -0.313 e. The van der Waals surface area contributed by atoms with Crippen LogP contribution in [0.4, 0.5) is 5.82 Å². The minimum absolute atomic E-state index is 0. The number of hydrogen-bond acceptors (Lipinski definition) is 4. The number of rotatable bonds is 3. The van der Waals surface area contributed by atoms with Gasteiger partial charge in [0.1, 0.15) is 5.69 Å². The number of nitrogens with zero attached hydrogens (tertiary/aromatic N) is 2. The van der Waals surface area contributed by atoms with Crippen LogP contribution in [0, 0.1) is 19.9 Å². The number of carbonyl (C=O) groups excluding carboxylic acids is 1. The molecule has 0 aliphatic heterocycles. The molecule has 1 amide bonds. The van der Waals surface area contributed by atoms with Crippen LogP contribution in [-0.2, 0) is 39.1 Å². The van der Waals surface area contributed by atoms with Gasteiger partial charge >= 0.3 is 0 Å².